The SMILES string of the molecule is CC12COC3C=CC=CC(C(=O)C1)C32. The van der Waals surface area contributed by atoms with Gasteiger partial charge in [-0.05, 0) is 0 Å². The van der Waals surface area contributed by atoms with E-state index in [1.807, 2.05) is 18.2 Å². The van der Waals surface area contributed by atoms with Gasteiger partial charge >= 0.3 is 0 Å². The summed E-state index contributed by atoms with van der Waals surface area (Å²) in [6, 6.07) is 0. The fraction of sp³-hybridized carbons (Fsp3) is 0.583. The summed E-state index contributed by atoms with van der Waals surface area (Å²) in [5.74, 6) is 0.873. The Labute approximate surface area is 83.6 Å². The smallest absolute Gasteiger partial charge is 0.140 e. The van der Waals surface area contributed by atoms with Gasteiger partial charge in [-0.25, -0.2) is 0 Å². The van der Waals surface area contributed by atoms with E-state index in [4.69, 9.17) is 4.74 Å². The minimum Gasteiger partial charge on any atom is -0.373 e. The van der Waals surface area contributed by atoms with E-state index in [1.165, 1.54) is 0 Å². The first-order valence-corrected chi connectivity index (χ1v) is 5.20. The molecule has 0 bridgehead atoms. The Kier molecular flexibility index (Phi) is 1.55. The molecule has 1 aliphatic heterocycles. The third kappa shape index (κ3) is 0.921. The van der Waals surface area contributed by atoms with E-state index >= 15 is 0 Å². The molecule has 0 spiro atoms. The van der Waals surface area contributed by atoms with Gasteiger partial charge in [0.2, 0.25) is 0 Å². The lowest BCUT2D eigenvalue weighted by Gasteiger charge is -2.23. The lowest BCUT2D eigenvalue weighted by atomic mass is 9.77. The molecule has 2 nitrogen and oxygen atoms in total. The third-order valence-corrected chi connectivity index (χ3v) is 3.83. The number of ketones is 1. The number of rotatable bonds is 0. The van der Waals surface area contributed by atoms with Crippen LogP contribution in [0.4, 0.5) is 0 Å². The quantitative estimate of drug-likeness (QED) is 0.581. The summed E-state index contributed by atoms with van der Waals surface area (Å²) in [5, 5.41) is 0. The molecule has 2 fully saturated rings. The van der Waals surface area contributed by atoms with E-state index in [9.17, 15) is 4.79 Å². The van der Waals surface area contributed by atoms with Crippen molar-refractivity contribution in [2.45, 2.75) is 19.4 Å². The van der Waals surface area contributed by atoms with E-state index < -0.39 is 0 Å². The fourth-order valence-electron chi connectivity index (χ4n) is 3.17. The van der Waals surface area contributed by atoms with Gasteiger partial charge in [0.05, 0.1) is 12.7 Å². The van der Waals surface area contributed by atoms with Gasteiger partial charge in [-0.3, -0.25) is 4.79 Å². The largest absolute Gasteiger partial charge is 0.373 e. The Morgan fingerprint density at radius 1 is 1.43 bits per heavy atom. The van der Waals surface area contributed by atoms with Crippen LogP contribution in [0.5, 0.6) is 0 Å². The van der Waals surface area contributed by atoms with Crippen LogP contribution in [0.15, 0.2) is 24.3 Å². The van der Waals surface area contributed by atoms with E-state index in [0.717, 1.165) is 6.61 Å². The maximum atomic E-state index is 11.8. The molecule has 74 valence electrons. The minimum atomic E-state index is 0.0887. The van der Waals surface area contributed by atoms with Crippen molar-refractivity contribution in [3.8, 4) is 0 Å². The van der Waals surface area contributed by atoms with E-state index in [-0.39, 0.29) is 17.4 Å². The monoisotopic (exact) mass is 190 g/mol. The second-order valence-electron chi connectivity index (χ2n) is 4.89. The molecule has 0 aromatic carbocycles. The molecule has 4 unspecified atom stereocenters. The zero-order valence-electron chi connectivity index (χ0n) is 8.27. The Balaban J connectivity index is 2.08. The number of carbonyl (C=O) groups is 1. The third-order valence-electron chi connectivity index (χ3n) is 3.83. The van der Waals surface area contributed by atoms with Gasteiger partial charge in [0.25, 0.3) is 0 Å². The van der Waals surface area contributed by atoms with Crippen molar-refractivity contribution in [1.29, 1.82) is 0 Å². The van der Waals surface area contributed by atoms with E-state index in [2.05, 4.69) is 13.0 Å². The van der Waals surface area contributed by atoms with Gasteiger partial charge in [-0.1, -0.05) is 31.2 Å². The van der Waals surface area contributed by atoms with Crippen molar-refractivity contribution in [2.24, 2.45) is 17.3 Å². The van der Waals surface area contributed by atoms with Crippen molar-refractivity contribution in [3.05, 3.63) is 24.3 Å². The Morgan fingerprint density at radius 3 is 3.07 bits per heavy atom. The molecule has 3 rings (SSSR count). The van der Waals surface area contributed by atoms with Crippen LogP contribution in [0.2, 0.25) is 0 Å². The summed E-state index contributed by atoms with van der Waals surface area (Å²) < 4.78 is 5.74. The molecule has 0 N–H and O–H groups in total. The first-order valence-electron chi connectivity index (χ1n) is 5.20. The topological polar surface area (TPSA) is 26.3 Å². The molecule has 0 radical (unpaired) electrons. The zero-order valence-corrected chi connectivity index (χ0v) is 8.27. The molecule has 4 atom stereocenters. The number of Topliss-reactive ketones (excluding diaryl/α,β-unsaturated/α-hetero) is 1. The number of hydrogen-bond donors (Lipinski definition) is 0. The summed E-state index contributed by atoms with van der Waals surface area (Å²) in [4.78, 5) is 11.8. The lowest BCUT2D eigenvalue weighted by Crippen LogP contribution is -2.26. The normalized spacial score (nSPS) is 49.5. The average molecular weight is 190 g/mol. The van der Waals surface area contributed by atoms with Crippen LogP contribution < -0.4 is 0 Å². The highest BCUT2D eigenvalue weighted by molar-refractivity contribution is 5.87. The molecule has 1 heterocycles. The average Bonchev–Trinajstić information content (AvgIpc) is 2.47. The maximum Gasteiger partial charge on any atom is 0.140 e. The van der Waals surface area contributed by atoms with E-state index in [0.29, 0.717) is 18.1 Å². The molecule has 2 aliphatic carbocycles. The molecule has 1 saturated heterocycles. The summed E-state index contributed by atoms with van der Waals surface area (Å²) >= 11 is 0. The van der Waals surface area contributed by atoms with Crippen molar-refractivity contribution >= 4 is 5.78 Å². The fourth-order valence-corrected chi connectivity index (χ4v) is 3.17. The predicted octanol–water partition coefficient (Wildman–Crippen LogP) is 1.72. The highest BCUT2D eigenvalue weighted by Crippen LogP contribution is 2.53. The van der Waals surface area contributed by atoms with Crippen molar-refractivity contribution in [3.63, 3.8) is 0 Å². The summed E-state index contributed by atoms with van der Waals surface area (Å²) in [5.41, 5.74) is 0.0887. The molecule has 2 heteroatoms. The van der Waals surface area contributed by atoms with Gasteiger partial charge in [0.15, 0.2) is 0 Å². The van der Waals surface area contributed by atoms with Crippen LogP contribution in [-0.2, 0) is 9.53 Å². The highest BCUT2D eigenvalue weighted by Gasteiger charge is 2.56. The first kappa shape index (κ1) is 8.42. The number of hydrogen-bond acceptors (Lipinski definition) is 2. The molecular weight excluding hydrogens is 176 g/mol. The Bertz CT molecular complexity index is 342. The van der Waals surface area contributed by atoms with Gasteiger partial charge in [-0.15, -0.1) is 0 Å². The van der Waals surface area contributed by atoms with Crippen LogP contribution in [0, 0.1) is 17.3 Å². The van der Waals surface area contributed by atoms with E-state index in [1.54, 1.807) is 0 Å². The summed E-state index contributed by atoms with van der Waals surface area (Å²) in [6.07, 6.45) is 8.97. The Hall–Kier alpha value is -0.890. The lowest BCUT2D eigenvalue weighted by molar-refractivity contribution is -0.121. The highest BCUT2D eigenvalue weighted by atomic mass is 16.5. The van der Waals surface area contributed by atoms with Gasteiger partial charge in [0.1, 0.15) is 5.78 Å². The van der Waals surface area contributed by atoms with Crippen LogP contribution in [-0.4, -0.2) is 18.5 Å². The molecule has 0 aromatic rings. The van der Waals surface area contributed by atoms with Gasteiger partial charge in [-0.2, -0.15) is 0 Å². The van der Waals surface area contributed by atoms with Crippen molar-refractivity contribution in [1.82, 2.24) is 0 Å². The minimum absolute atomic E-state index is 0.0887. The molecule has 1 saturated carbocycles. The summed E-state index contributed by atoms with van der Waals surface area (Å²) in [6.45, 7) is 2.92. The number of allylic oxidation sites excluding steroid dienone is 3. The van der Waals surface area contributed by atoms with Crippen molar-refractivity contribution < 1.29 is 9.53 Å². The van der Waals surface area contributed by atoms with Crippen LogP contribution in [0.1, 0.15) is 13.3 Å². The van der Waals surface area contributed by atoms with Gasteiger partial charge in [0, 0.05) is 23.7 Å². The molecule has 3 aliphatic rings. The van der Waals surface area contributed by atoms with Crippen LogP contribution >= 0.6 is 0 Å². The molecule has 0 aromatic heterocycles. The maximum absolute atomic E-state index is 11.8. The molecule has 0 amide bonds. The van der Waals surface area contributed by atoms with Crippen LogP contribution in [0.3, 0.4) is 0 Å². The number of ether oxygens (including phenoxy) is 1. The summed E-state index contributed by atoms with van der Waals surface area (Å²) in [7, 11) is 0. The zero-order chi connectivity index (χ0) is 9.76. The molecule has 14 heavy (non-hydrogen) atoms. The first-order chi connectivity index (χ1) is 6.71. The Morgan fingerprint density at radius 2 is 2.21 bits per heavy atom. The van der Waals surface area contributed by atoms with Crippen LogP contribution in [0.25, 0.3) is 0 Å². The molecular formula is C12H14O2. The second-order valence-corrected chi connectivity index (χ2v) is 4.89. The van der Waals surface area contributed by atoms with Gasteiger partial charge < -0.3 is 4.74 Å². The van der Waals surface area contributed by atoms with Crippen molar-refractivity contribution in [2.75, 3.05) is 6.61 Å². The second kappa shape index (κ2) is 2.57. The number of carbonyl (C=O) groups excluding carboxylic acids is 1. The predicted molar refractivity (Wildman–Crippen MR) is 52.7 cm³/mol. The standard InChI is InChI=1S/C12H14O2/c1-12-6-9(13)8-4-2-3-5-10(11(8)12)14-7-12/h2-5,8,10-11H,6-7H2,1H3.